The highest BCUT2D eigenvalue weighted by Crippen LogP contribution is 2.45. The Balaban J connectivity index is 1.95. The van der Waals surface area contributed by atoms with E-state index in [1.807, 2.05) is 0 Å². The number of benzene rings is 4. The van der Waals surface area contributed by atoms with Crippen molar-refractivity contribution in [2.24, 2.45) is 12.5 Å². The average molecular weight is 582 g/mol. The van der Waals surface area contributed by atoms with Gasteiger partial charge in [0.25, 0.3) is 0 Å². The van der Waals surface area contributed by atoms with Crippen LogP contribution in [0.1, 0.15) is 37.5 Å². The van der Waals surface area contributed by atoms with E-state index in [2.05, 4.69) is 134 Å². The van der Waals surface area contributed by atoms with Gasteiger partial charge in [0.15, 0.2) is 6.20 Å². The molecule has 0 aliphatic carbocycles. The zero-order valence-corrected chi connectivity index (χ0v) is 23.9. The molecule has 0 spiro atoms. The molecule has 2 nitrogen and oxygen atoms in total. The molecule has 3 aromatic heterocycles. The second kappa shape index (κ2) is 7.32. The lowest BCUT2D eigenvalue weighted by atomic mass is 9.83. The minimum Gasteiger partial charge on any atom is -0.307 e. The molecule has 0 atom stereocenters. The monoisotopic (exact) mass is 581 g/mol. The van der Waals surface area contributed by atoms with E-state index in [0.717, 1.165) is 6.42 Å². The van der Waals surface area contributed by atoms with Crippen molar-refractivity contribution < 1.29 is 4.57 Å². The summed E-state index contributed by atoms with van der Waals surface area (Å²) in [6.45, 7) is 11.6. The largest absolute Gasteiger partial charge is 0.307 e. The Kier molecular flexibility index (Phi) is 4.53. The summed E-state index contributed by atoms with van der Waals surface area (Å²) in [5.74, 6) is 0. The molecule has 3 heteroatoms. The summed E-state index contributed by atoms with van der Waals surface area (Å²) in [6, 6.07) is 20.7. The fourth-order valence-corrected chi connectivity index (χ4v) is 7.34. The molecule has 0 fully saturated rings. The Hall–Kier alpha value is -2.92. The number of halogens is 1. The van der Waals surface area contributed by atoms with Gasteiger partial charge in [-0.05, 0) is 87.7 Å². The van der Waals surface area contributed by atoms with Gasteiger partial charge in [-0.3, -0.25) is 0 Å². The second-order valence-corrected chi connectivity index (χ2v) is 12.9. The van der Waals surface area contributed by atoms with Gasteiger partial charge in [0.05, 0.1) is 27.3 Å². The van der Waals surface area contributed by atoms with Crippen LogP contribution in [0.5, 0.6) is 0 Å². The summed E-state index contributed by atoms with van der Waals surface area (Å²) in [5.41, 5.74) is 9.69. The summed E-state index contributed by atoms with van der Waals surface area (Å²) < 4.78 is 6.28. The van der Waals surface area contributed by atoms with Gasteiger partial charge in [-0.25, -0.2) is 4.57 Å². The predicted molar refractivity (Wildman–Crippen MR) is 163 cm³/mol. The van der Waals surface area contributed by atoms with Crippen LogP contribution in [0.15, 0.2) is 60.8 Å². The van der Waals surface area contributed by atoms with E-state index in [-0.39, 0.29) is 5.41 Å². The third-order valence-electron chi connectivity index (χ3n) is 7.97. The lowest BCUT2D eigenvalue weighted by molar-refractivity contribution is -0.643. The molecule has 0 saturated carbocycles. The zero-order chi connectivity index (χ0) is 25.1. The highest BCUT2D eigenvalue weighted by molar-refractivity contribution is 14.1. The van der Waals surface area contributed by atoms with E-state index >= 15 is 0 Å². The first kappa shape index (κ1) is 22.3. The van der Waals surface area contributed by atoms with Crippen LogP contribution in [0, 0.1) is 22.8 Å². The zero-order valence-electron chi connectivity index (χ0n) is 21.8. The smallest absolute Gasteiger partial charge is 0.224 e. The number of rotatable bonds is 1. The summed E-state index contributed by atoms with van der Waals surface area (Å²) in [4.78, 5) is 0. The maximum Gasteiger partial charge on any atom is 0.224 e. The molecule has 0 amide bonds. The molecule has 0 saturated heterocycles. The molecule has 178 valence electrons. The van der Waals surface area contributed by atoms with Crippen molar-refractivity contribution in [1.29, 1.82) is 0 Å². The van der Waals surface area contributed by atoms with Gasteiger partial charge in [-0.15, -0.1) is 0 Å². The number of fused-ring (bicyclic) bond motifs is 7. The highest BCUT2D eigenvalue weighted by Gasteiger charge is 2.28. The summed E-state index contributed by atoms with van der Waals surface area (Å²) in [6.07, 6.45) is 3.25. The molecule has 0 bridgehead atoms. The number of pyridine rings is 2. The Morgan fingerprint density at radius 2 is 1.61 bits per heavy atom. The lowest BCUT2D eigenvalue weighted by Crippen LogP contribution is -2.29. The van der Waals surface area contributed by atoms with Crippen molar-refractivity contribution >= 4 is 82.4 Å². The SMILES string of the molecule is Cc1ccc2c(C)c3c(c(CC(C)(C)C)c2c1)n1c2cccc(I)c2c2ccc4cc[n+](C)c3c4c21. The Bertz CT molecular complexity index is 2040. The van der Waals surface area contributed by atoms with E-state index in [9.17, 15) is 0 Å². The number of nitrogens with zero attached hydrogens (tertiary/aromatic N) is 2. The fourth-order valence-electron chi connectivity index (χ4n) is 6.56. The van der Waals surface area contributed by atoms with Crippen LogP contribution in [0.4, 0.5) is 0 Å². The minimum absolute atomic E-state index is 0.154. The van der Waals surface area contributed by atoms with Crippen LogP contribution in [-0.4, -0.2) is 4.40 Å². The first-order valence-corrected chi connectivity index (χ1v) is 13.8. The molecule has 0 unspecified atom stereocenters. The van der Waals surface area contributed by atoms with Crippen molar-refractivity contribution in [3.63, 3.8) is 0 Å². The van der Waals surface area contributed by atoms with Crippen LogP contribution in [0.2, 0.25) is 0 Å². The molecule has 0 radical (unpaired) electrons. The van der Waals surface area contributed by atoms with Crippen LogP contribution in [0.25, 0.3) is 59.8 Å². The average Bonchev–Trinajstić information content (AvgIpc) is 3.17. The van der Waals surface area contributed by atoms with E-state index < -0.39 is 0 Å². The van der Waals surface area contributed by atoms with Crippen molar-refractivity contribution in [1.82, 2.24) is 4.40 Å². The van der Waals surface area contributed by atoms with E-state index in [0.29, 0.717) is 0 Å². The van der Waals surface area contributed by atoms with Gasteiger partial charge in [0.1, 0.15) is 7.05 Å². The third-order valence-corrected chi connectivity index (χ3v) is 8.87. The molecule has 7 aromatic rings. The maximum atomic E-state index is 2.62. The molecule has 0 N–H and O–H groups in total. The van der Waals surface area contributed by atoms with Gasteiger partial charge in [0.2, 0.25) is 5.52 Å². The van der Waals surface area contributed by atoms with Crippen molar-refractivity contribution in [2.75, 3.05) is 0 Å². The standard InChI is InChI=1S/C33H30IN2/c1-18-10-12-21-19(2)27-31(24(23(21)16-18)17-33(3,4)5)36-26-9-7-8-25(34)29(26)22-13-11-20-14-15-35(6)32(27)28(20)30(22)36/h7-16H,17H2,1-6H3/q+1. The third kappa shape index (κ3) is 2.86. The van der Waals surface area contributed by atoms with Crippen molar-refractivity contribution in [2.45, 2.75) is 41.0 Å². The van der Waals surface area contributed by atoms with E-state index in [1.54, 1.807) is 0 Å². The summed E-state index contributed by atoms with van der Waals surface area (Å²) in [7, 11) is 2.21. The number of aryl methyl sites for hydroxylation is 3. The number of aromatic nitrogens is 2. The van der Waals surface area contributed by atoms with Gasteiger partial charge < -0.3 is 4.40 Å². The van der Waals surface area contributed by atoms with E-state index in [4.69, 9.17) is 0 Å². The van der Waals surface area contributed by atoms with Crippen molar-refractivity contribution in [3.05, 3.63) is 81.1 Å². The second-order valence-electron chi connectivity index (χ2n) is 11.8. The Morgan fingerprint density at radius 1 is 0.833 bits per heavy atom. The molecular formula is C33H30IN2+. The number of hydrogen-bond acceptors (Lipinski definition) is 0. The van der Waals surface area contributed by atoms with Gasteiger partial charge in [-0.2, -0.15) is 0 Å². The molecule has 3 heterocycles. The topological polar surface area (TPSA) is 8.29 Å². The van der Waals surface area contributed by atoms with E-state index in [1.165, 1.54) is 80.0 Å². The first-order chi connectivity index (χ1) is 17.2. The highest BCUT2D eigenvalue weighted by atomic mass is 127. The molecule has 4 aromatic carbocycles. The molecular weight excluding hydrogens is 551 g/mol. The molecule has 7 rings (SSSR count). The Morgan fingerprint density at radius 3 is 2.39 bits per heavy atom. The molecule has 0 aliphatic heterocycles. The van der Waals surface area contributed by atoms with Gasteiger partial charge >= 0.3 is 0 Å². The summed E-state index contributed by atoms with van der Waals surface area (Å²) >= 11 is 2.52. The maximum absolute atomic E-state index is 2.62. The summed E-state index contributed by atoms with van der Waals surface area (Å²) in [5, 5.41) is 9.55. The molecule has 36 heavy (non-hydrogen) atoms. The first-order valence-electron chi connectivity index (χ1n) is 12.8. The fraction of sp³-hybridized carbons (Fsp3) is 0.242. The van der Waals surface area contributed by atoms with Crippen LogP contribution < -0.4 is 4.57 Å². The molecule has 0 aliphatic rings. The van der Waals surface area contributed by atoms with Crippen LogP contribution >= 0.6 is 22.6 Å². The normalized spacial score (nSPS) is 13.0. The lowest BCUT2D eigenvalue weighted by Gasteiger charge is -2.24. The minimum atomic E-state index is 0.154. The van der Waals surface area contributed by atoms with Crippen LogP contribution in [0.3, 0.4) is 0 Å². The number of hydrogen-bond donors (Lipinski definition) is 0. The van der Waals surface area contributed by atoms with Crippen LogP contribution in [-0.2, 0) is 13.5 Å². The Labute approximate surface area is 225 Å². The predicted octanol–water partition coefficient (Wildman–Crippen LogP) is 8.78. The van der Waals surface area contributed by atoms with Gasteiger partial charge in [0, 0.05) is 20.4 Å². The van der Waals surface area contributed by atoms with Gasteiger partial charge in [-0.1, -0.05) is 62.7 Å². The quantitative estimate of drug-likeness (QED) is 0.0793. The van der Waals surface area contributed by atoms with Crippen molar-refractivity contribution in [3.8, 4) is 0 Å².